The van der Waals surface area contributed by atoms with E-state index in [1.807, 2.05) is 42.5 Å². The van der Waals surface area contributed by atoms with E-state index in [1.165, 1.54) is 22.3 Å². The summed E-state index contributed by atoms with van der Waals surface area (Å²) in [4.78, 5) is 15.4. The normalized spacial score (nSPS) is 21.7. The van der Waals surface area contributed by atoms with Crippen LogP contribution in [0.4, 0.5) is 0 Å². The lowest BCUT2D eigenvalue weighted by molar-refractivity contribution is 0.572. The summed E-state index contributed by atoms with van der Waals surface area (Å²) in [6.07, 6.45) is 0. The molecule has 5 heteroatoms. The summed E-state index contributed by atoms with van der Waals surface area (Å²) in [7, 11) is 0. The first-order chi connectivity index (χ1) is 19.8. The monoisotopic (exact) mass is 519 g/mol. The molecule has 3 heterocycles. The van der Waals surface area contributed by atoms with Gasteiger partial charge >= 0.3 is 0 Å². The van der Waals surface area contributed by atoms with Crippen LogP contribution in [0.1, 0.15) is 57.8 Å². The number of hydrogen-bond acceptors (Lipinski definition) is 5. The first kappa shape index (κ1) is 24.0. The Labute approximate surface area is 234 Å². The standard InChI is InChI=1S/C35H29N5/c1-5-14-24(15-6-1)30-31(25-16-7-2-8-17-25)38-34(37-30)28-22-13-23-29(36-28)35-39-32(26-18-9-3-10-19-26)33(40-35)27-20-11-4-12-21-27/h1-23,30-33H,(H,37,38)(H,39,40)/t30-,31-,32-,33-/m0/s1. The molecular formula is C35H29N5. The zero-order valence-corrected chi connectivity index (χ0v) is 21.9. The number of aliphatic imine (C=N–C) groups is 2. The van der Waals surface area contributed by atoms with E-state index in [2.05, 4.69) is 108 Å². The van der Waals surface area contributed by atoms with Gasteiger partial charge < -0.3 is 10.6 Å². The van der Waals surface area contributed by atoms with Crippen molar-refractivity contribution in [3.8, 4) is 0 Å². The van der Waals surface area contributed by atoms with Crippen LogP contribution in [0, 0.1) is 0 Å². The Bertz CT molecular complexity index is 1530. The largest absolute Gasteiger partial charge is 0.359 e. The first-order valence-corrected chi connectivity index (χ1v) is 13.7. The number of nitrogens with zero attached hydrogens (tertiary/aromatic N) is 3. The third-order valence-electron chi connectivity index (χ3n) is 7.59. The molecule has 2 aliphatic rings. The molecule has 40 heavy (non-hydrogen) atoms. The highest BCUT2D eigenvalue weighted by Crippen LogP contribution is 2.38. The molecule has 0 saturated carbocycles. The summed E-state index contributed by atoms with van der Waals surface area (Å²) in [6, 6.07) is 48.0. The van der Waals surface area contributed by atoms with Crippen LogP contribution in [0.15, 0.2) is 150 Å². The molecule has 5 aromatic rings. The van der Waals surface area contributed by atoms with E-state index >= 15 is 0 Å². The van der Waals surface area contributed by atoms with E-state index in [0.717, 1.165) is 23.1 Å². The summed E-state index contributed by atoms with van der Waals surface area (Å²) >= 11 is 0. The van der Waals surface area contributed by atoms with Gasteiger partial charge in [-0.2, -0.15) is 0 Å². The molecule has 0 fully saturated rings. The Balaban J connectivity index is 1.23. The Kier molecular flexibility index (Phi) is 6.38. The molecule has 7 rings (SSSR count). The van der Waals surface area contributed by atoms with E-state index in [9.17, 15) is 0 Å². The fraction of sp³-hybridized carbons (Fsp3) is 0.114. The van der Waals surface area contributed by atoms with Gasteiger partial charge in [-0.1, -0.05) is 127 Å². The molecule has 2 aliphatic heterocycles. The van der Waals surface area contributed by atoms with Gasteiger partial charge in [0.25, 0.3) is 0 Å². The number of nitrogens with one attached hydrogen (secondary N) is 2. The van der Waals surface area contributed by atoms with Crippen LogP contribution >= 0.6 is 0 Å². The Morgan fingerprint density at radius 1 is 0.375 bits per heavy atom. The van der Waals surface area contributed by atoms with Crippen molar-refractivity contribution >= 4 is 11.7 Å². The van der Waals surface area contributed by atoms with E-state index in [0.29, 0.717) is 0 Å². The summed E-state index contributed by atoms with van der Waals surface area (Å²) < 4.78 is 0. The van der Waals surface area contributed by atoms with Crippen molar-refractivity contribution in [3.63, 3.8) is 0 Å². The highest BCUT2D eigenvalue weighted by Gasteiger charge is 2.34. The lowest BCUT2D eigenvalue weighted by Gasteiger charge is -2.20. The molecule has 0 unspecified atom stereocenters. The van der Waals surface area contributed by atoms with Crippen molar-refractivity contribution < 1.29 is 0 Å². The van der Waals surface area contributed by atoms with Gasteiger partial charge in [-0.3, -0.25) is 9.98 Å². The van der Waals surface area contributed by atoms with Gasteiger partial charge in [-0.25, -0.2) is 4.98 Å². The number of hydrogen-bond donors (Lipinski definition) is 2. The molecular weight excluding hydrogens is 490 g/mol. The van der Waals surface area contributed by atoms with E-state index < -0.39 is 0 Å². The maximum absolute atomic E-state index is 5.16. The summed E-state index contributed by atoms with van der Waals surface area (Å²) in [5, 5.41) is 7.37. The van der Waals surface area contributed by atoms with Gasteiger partial charge in [0.15, 0.2) is 0 Å². The van der Waals surface area contributed by atoms with Gasteiger partial charge in [0.05, 0.1) is 12.1 Å². The first-order valence-electron chi connectivity index (χ1n) is 13.7. The topological polar surface area (TPSA) is 61.7 Å². The van der Waals surface area contributed by atoms with Gasteiger partial charge in [-0.05, 0) is 34.4 Å². The predicted octanol–water partition coefficient (Wildman–Crippen LogP) is 6.75. The van der Waals surface area contributed by atoms with Crippen molar-refractivity contribution in [3.05, 3.63) is 173 Å². The predicted molar refractivity (Wildman–Crippen MR) is 160 cm³/mol. The molecule has 0 bridgehead atoms. The Hall–Kier alpha value is -5.03. The average molecular weight is 520 g/mol. The summed E-state index contributed by atoms with van der Waals surface area (Å²) in [6.45, 7) is 0. The molecule has 0 spiro atoms. The van der Waals surface area contributed by atoms with Crippen LogP contribution in [0.3, 0.4) is 0 Å². The molecule has 0 amide bonds. The van der Waals surface area contributed by atoms with Gasteiger partial charge in [0.2, 0.25) is 0 Å². The second kappa shape index (κ2) is 10.6. The summed E-state index contributed by atoms with van der Waals surface area (Å²) in [5.74, 6) is 1.59. The Morgan fingerprint density at radius 2 is 0.725 bits per heavy atom. The van der Waals surface area contributed by atoms with E-state index in [1.54, 1.807) is 0 Å². The SMILES string of the molecule is c1ccc([C@@H]2N=C(c3cccc(C4=N[C@@H](c5ccccc5)[C@H](c5ccccc5)N4)n3)N[C@H]2c2ccccc2)cc1. The lowest BCUT2D eigenvalue weighted by atomic mass is 9.95. The Morgan fingerprint density at radius 3 is 1.10 bits per heavy atom. The third-order valence-corrected chi connectivity index (χ3v) is 7.59. The van der Waals surface area contributed by atoms with Crippen molar-refractivity contribution in [2.45, 2.75) is 24.2 Å². The highest BCUT2D eigenvalue weighted by atomic mass is 15.2. The highest BCUT2D eigenvalue weighted by molar-refractivity contribution is 6.02. The fourth-order valence-corrected chi connectivity index (χ4v) is 5.62. The number of rotatable bonds is 6. The second-order valence-corrected chi connectivity index (χ2v) is 10.1. The minimum atomic E-state index is -0.0454. The maximum atomic E-state index is 5.16. The maximum Gasteiger partial charge on any atom is 0.148 e. The van der Waals surface area contributed by atoms with Crippen molar-refractivity contribution in [1.82, 2.24) is 15.6 Å². The van der Waals surface area contributed by atoms with Crippen LogP contribution in [0.25, 0.3) is 0 Å². The van der Waals surface area contributed by atoms with Crippen LogP contribution in [-0.4, -0.2) is 16.7 Å². The van der Waals surface area contributed by atoms with Crippen LogP contribution in [0.2, 0.25) is 0 Å². The molecule has 0 radical (unpaired) electrons. The molecule has 2 N–H and O–H groups in total. The zero-order chi connectivity index (χ0) is 26.7. The lowest BCUT2D eigenvalue weighted by Crippen LogP contribution is -2.28. The van der Waals surface area contributed by atoms with Crippen LogP contribution < -0.4 is 10.6 Å². The van der Waals surface area contributed by atoms with Crippen molar-refractivity contribution in [2.75, 3.05) is 0 Å². The number of pyridine rings is 1. The molecule has 0 saturated heterocycles. The molecule has 194 valence electrons. The molecule has 0 aliphatic carbocycles. The second-order valence-electron chi connectivity index (χ2n) is 10.1. The quantitative estimate of drug-likeness (QED) is 0.261. The molecule has 5 nitrogen and oxygen atoms in total. The zero-order valence-electron chi connectivity index (χ0n) is 21.9. The minimum Gasteiger partial charge on any atom is -0.359 e. The third kappa shape index (κ3) is 4.67. The number of aromatic nitrogens is 1. The van der Waals surface area contributed by atoms with Gasteiger partial charge in [0.1, 0.15) is 35.1 Å². The van der Waals surface area contributed by atoms with E-state index in [4.69, 9.17) is 15.0 Å². The smallest absolute Gasteiger partial charge is 0.148 e. The summed E-state index contributed by atoms with van der Waals surface area (Å²) in [5.41, 5.74) is 6.36. The number of amidine groups is 2. The molecule has 4 aromatic carbocycles. The van der Waals surface area contributed by atoms with Crippen LogP contribution in [-0.2, 0) is 0 Å². The van der Waals surface area contributed by atoms with Crippen LogP contribution in [0.5, 0.6) is 0 Å². The minimum absolute atomic E-state index is 0.0240. The van der Waals surface area contributed by atoms with Crippen molar-refractivity contribution in [1.29, 1.82) is 0 Å². The van der Waals surface area contributed by atoms with E-state index in [-0.39, 0.29) is 24.2 Å². The molecule has 4 atom stereocenters. The molecule has 1 aromatic heterocycles. The van der Waals surface area contributed by atoms with Crippen molar-refractivity contribution in [2.24, 2.45) is 9.98 Å². The van der Waals surface area contributed by atoms with Gasteiger partial charge in [-0.15, -0.1) is 0 Å². The van der Waals surface area contributed by atoms with Gasteiger partial charge in [0, 0.05) is 0 Å². The average Bonchev–Trinajstić information content (AvgIpc) is 3.69. The number of benzene rings is 4. The fourth-order valence-electron chi connectivity index (χ4n) is 5.62.